The zero-order chi connectivity index (χ0) is 16.2. The quantitative estimate of drug-likeness (QED) is 0.919. The average Bonchev–Trinajstić information content (AvgIpc) is 3.06. The van der Waals surface area contributed by atoms with Crippen LogP contribution in [0.5, 0.6) is 0 Å². The number of aromatic nitrogens is 2. The summed E-state index contributed by atoms with van der Waals surface area (Å²) >= 11 is 7.55. The third-order valence-corrected chi connectivity index (χ3v) is 5.26. The maximum absolute atomic E-state index is 12.4. The van der Waals surface area contributed by atoms with Gasteiger partial charge in [-0.3, -0.25) is 4.79 Å². The van der Waals surface area contributed by atoms with Gasteiger partial charge in [-0.05, 0) is 43.1 Å². The standard InChI is InChI=1S/C16H17ClN4OS/c17-12-3-1-2-4-14(12)23-15-6-5-13(19-20-15)16(22)21-8-7-11(9-18)10-21/h1-6,11H,7-10,18H2. The molecule has 1 fully saturated rings. The maximum Gasteiger partial charge on any atom is 0.274 e. The zero-order valence-corrected chi connectivity index (χ0v) is 14.1. The van der Waals surface area contributed by atoms with Gasteiger partial charge in [-0.15, -0.1) is 10.2 Å². The predicted octanol–water partition coefficient (Wildman–Crippen LogP) is 2.70. The Morgan fingerprint density at radius 1 is 1.30 bits per heavy atom. The molecule has 1 aliphatic heterocycles. The Hall–Kier alpha value is -1.63. The van der Waals surface area contributed by atoms with Crippen LogP contribution in [0.25, 0.3) is 0 Å². The normalized spacial score (nSPS) is 17.5. The lowest BCUT2D eigenvalue weighted by Gasteiger charge is -2.15. The first-order chi connectivity index (χ1) is 11.2. The van der Waals surface area contributed by atoms with Crippen LogP contribution in [0.4, 0.5) is 0 Å². The van der Waals surface area contributed by atoms with Crippen LogP contribution in [0, 0.1) is 5.92 Å². The number of nitrogens with zero attached hydrogens (tertiary/aromatic N) is 3. The van der Waals surface area contributed by atoms with Crippen LogP contribution < -0.4 is 5.73 Å². The number of likely N-dealkylation sites (tertiary alicyclic amines) is 1. The van der Waals surface area contributed by atoms with E-state index in [2.05, 4.69) is 10.2 Å². The lowest BCUT2D eigenvalue weighted by Crippen LogP contribution is -2.30. The highest BCUT2D eigenvalue weighted by atomic mass is 35.5. The minimum absolute atomic E-state index is 0.0808. The average molecular weight is 349 g/mol. The first-order valence-electron chi connectivity index (χ1n) is 7.43. The summed E-state index contributed by atoms with van der Waals surface area (Å²) in [6.07, 6.45) is 0.954. The van der Waals surface area contributed by atoms with Gasteiger partial charge in [-0.25, -0.2) is 0 Å². The van der Waals surface area contributed by atoms with E-state index in [1.165, 1.54) is 11.8 Å². The van der Waals surface area contributed by atoms with E-state index >= 15 is 0 Å². The molecule has 2 N–H and O–H groups in total. The van der Waals surface area contributed by atoms with Crippen LogP contribution in [-0.2, 0) is 0 Å². The van der Waals surface area contributed by atoms with Gasteiger partial charge < -0.3 is 10.6 Å². The second-order valence-electron chi connectivity index (χ2n) is 5.43. The molecule has 2 heterocycles. The molecule has 3 rings (SSSR count). The van der Waals surface area contributed by atoms with Crippen LogP contribution in [0.15, 0.2) is 46.3 Å². The van der Waals surface area contributed by atoms with Gasteiger partial charge in [-0.1, -0.05) is 35.5 Å². The molecule has 1 unspecified atom stereocenters. The van der Waals surface area contributed by atoms with E-state index in [1.807, 2.05) is 24.3 Å². The molecule has 2 aromatic rings. The van der Waals surface area contributed by atoms with Gasteiger partial charge in [-0.2, -0.15) is 0 Å². The Labute approximate surface area is 144 Å². The van der Waals surface area contributed by atoms with Crippen LogP contribution in [0.2, 0.25) is 5.02 Å². The molecule has 0 spiro atoms. The van der Waals surface area contributed by atoms with Gasteiger partial charge in [0.1, 0.15) is 5.03 Å². The Kier molecular flexibility index (Phi) is 5.15. The highest BCUT2D eigenvalue weighted by molar-refractivity contribution is 7.99. The molecular formula is C16H17ClN4OS. The van der Waals surface area contributed by atoms with Crippen molar-refractivity contribution in [3.05, 3.63) is 47.1 Å². The van der Waals surface area contributed by atoms with Gasteiger partial charge in [0.15, 0.2) is 5.69 Å². The monoisotopic (exact) mass is 348 g/mol. The first-order valence-corrected chi connectivity index (χ1v) is 8.62. The summed E-state index contributed by atoms with van der Waals surface area (Å²) in [4.78, 5) is 15.1. The van der Waals surface area contributed by atoms with Crippen molar-refractivity contribution in [2.24, 2.45) is 11.7 Å². The van der Waals surface area contributed by atoms with E-state index in [9.17, 15) is 4.79 Å². The second-order valence-corrected chi connectivity index (χ2v) is 6.90. The van der Waals surface area contributed by atoms with Crippen molar-refractivity contribution < 1.29 is 4.79 Å². The highest BCUT2D eigenvalue weighted by Crippen LogP contribution is 2.31. The molecule has 120 valence electrons. The summed E-state index contributed by atoms with van der Waals surface area (Å²) in [6.45, 7) is 2.05. The Balaban J connectivity index is 1.67. The third kappa shape index (κ3) is 3.83. The fraction of sp³-hybridized carbons (Fsp3) is 0.312. The van der Waals surface area contributed by atoms with Crippen LogP contribution in [0.3, 0.4) is 0 Å². The predicted molar refractivity (Wildman–Crippen MR) is 90.7 cm³/mol. The lowest BCUT2D eigenvalue weighted by molar-refractivity contribution is 0.0780. The lowest BCUT2D eigenvalue weighted by atomic mass is 10.1. The molecule has 1 aromatic carbocycles. The van der Waals surface area contributed by atoms with E-state index < -0.39 is 0 Å². The van der Waals surface area contributed by atoms with E-state index in [0.29, 0.717) is 34.7 Å². The molecule has 5 nitrogen and oxygen atoms in total. The number of rotatable bonds is 4. The van der Waals surface area contributed by atoms with E-state index in [0.717, 1.165) is 17.9 Å². The third-order valence-electron chi connectivity index (χ3n) is 3.82. The number of hydrogen-bond acceptors (Lipinski definition) is 5. The molecule has 7 heteroatoms. The molecule has 1 aliphatic rings. The molecule has 23 heavy (non-hydrogen) atoms. The SMILES string of the molecule is NCC1CCN(C(=O)c2ccc(Sc3ccccc3Cl)nn2)C1. The van der Waals surface area contributed by atoms with Crippen molar-refractivity contribution in [2.45, 2.75) is 16.3 Å². The van der Waals surface area contributed by atoms with Gasteiger partial charge in [0.25, 0.3) is 5.91 Å². The summed E-state index contributed by atoms with van der Waals surface area (Å²) in [5.41, 5.74) is 6.03. The van der Waals surface area contributed by atoms with Crippen molar-refractivity contribution in [3.8, 4) is 0 Å². The minimum atomic E-state index is -0.0808. The molecule has 1 amide bonds. The number of nitrogens with two attached hydrogens (primary N) is 1. The van der Waals surface area contributed by atoms with Crippen LogP contribution in [0.1, 0.15) is 16.9 Å². The highest BCUT2D eigenvalue weighted by Gasteiger charge is 2.26. The van der Waals surface area contributed by atoms with Gasteiger partial charge in [0, 0.05) is 18.0 Å². The van der Waals surface area contributed by atoms with Gasteiger partial charge >= 0.3 is 0 Å². The van der Waals surface area contributed by atoms with Crippen molar-refractivity contribution in [1.82, 2.24) is 15.1 Å². The van der Waals surface area contributed by atoms with Crippen LogP contribution >= 0.6 is 23.4 Å². The minimum Gasteiger partial charge on any atom is -0.337 e. The topological polar surface area (TPSA) is 72.1 Å². The largest absolute Gasteiger partial charge is 0.337 e. The van der Waals surface area contributed by atoms with Crippen molar-refractivity contribution >= 4 is 29.3 Å². The molecule has 1 saturated heterocycles. The summed E-state index contributed by atoms with van der Waals surface area (Å²) in [5.74, 6) is 0.310. The van der Waals surface area contributed by atoms with E-state index in [4.69, 9.17) is 17.3 Å². The Morgan fingerprint density at radius 3 is 2.78 bits per heavy atom. The van der Waals surface area contributed by atoms with E-state index in [-0.39, 0.29) is 5.91 Å². The molecular weight excluding hydrogens is 332 g/mol. The van der Waals surface area contributed by atoms with Gasteiger partial charge in [0.2, 0.25) is 0 Å². The molecule has 0 saturated carbocycles. The number of amides is 1. The molecule has 1 atom stereocenters. The van der Waals surface area contributed by atoms with Crippen molar-refractivity contribution in [1.29, 1.82) is 0 Å². The van der Waals surface area contributed by atoms with Crippen LogP contribution in [-0.4, -0.2) is 40.6 Å². The summed E-state index contributed by atoms with van der Waals surface area (Å²) < 4.78 is 0. The number of carbonyl (C=O) groups excluding carboxylic acids is 1. The Bertz CT molecular complexity index is 695. The molecule has 0 radical (unpaired) electrons. The van der Waals surface area contributed by atoms with Gasteiger partial charge in [0.05, 0.1) is 5.02 Å². The second kappa shape index (κ2) is 7.29. The fourth-order valence-corrected chi connectivity index (χ4v) is 3.51. The molecule has 0 bridgehead atoms. The van der Waals surface area contributed by atoms with Crippen molar-refractivity contribution in [3.63, 3.8) is 0 Å². The fourth-order valence-electron chi connectivity index (χ4n) is 2.50. The summed E-state index contributed by atoms with van der Waals surface area (Å²) in [7, 11) is 0. The Morgan fingerprint density at radius 2 is 2.13 bits per heavy atom. The molecule has 0 aliphatic carbocycles. The number of carbonyl (C=O) groups is 1. The maximum atomic E-state index is 12.4. The first kappa shape index (κ1) is 16.2. The number of halogens is 1. The van der Waals surface area contributed by atoms with E-state index in [1.54, 1.807) is 17.0 Å². The zero-order valence-electron chi connectivity index (χ0n) is 12.5. The number of benzene rings is 1. The van der Waals surface area contributed by atoms with Crippen molar-refractivity contribution in [2.75, 3.05) is 19.6 Å². The summed E-state index contributed by atoms with van der Waals surface area (Å²) in [6, 6.07) is 11.1. The number of hydrogen-bond donors (Lipinski definition) is 1. The summed E-state index contributed by atoms with van der Waals surface area (Å²) in [5, 5.41) is 9.57. The molecule has 1 aromatic heterocycles. The smallest absolute Gasteiger partial charge is 0.274 e.